The number of anilines is 1. The van der Waals surface area contributed by atoms with E-state index in [0.717, 1.165) is 47.6 Å². The van der Waals surface area contributed by atoms with E-state index in [9.17, 15) is 9.59 Å². The van der Waals surface area contributed by atoms with Gasteiger partial charge in [0.15, 0.2) is 4.80 Å². The average molecular weight is 599 g/mol. The van der Waals surface area contributed by atoms with Gasteiger partial charge in [0.1, 0.15) is 5.75 Å². The van der Waals surface area contributed by atoms with Crippen molar-refractivity contribution in [2.45, 2.75) is 19.9 Å². The van der Waals surface area contributed by atoms with E-state index >= 15 is 0 Å². The molecule has 198 valence electrons. The highest BCUT2D eigenvalue weighted by Crippen LogP contribution is 2.35. The number of hydrogen-bond acceptors (Lipinski definition) is 8. The van der Waals surface area contributed by atoms with Gasteiger partial charge in [0.25, 0.3) is 5.56 Å². The van der Waals surface area contributed by atoms with Crippen LogP contribution in [-0.2, 0) is 14.3 Å². The fraction of sp³-hybridized carbons (Fsp3) is 0.321. The molecule has 10 heteroatoms. The van der Waals surface area contributed by atoms with E-state index in [-0.39, 0.29) is 12.2 Å². The summed E-state index contributed by atoms with van der Waals surface area (Å²) in [6, 6.07) is 13.0. The molecular weight excluding hydrogens is 570 g/mol. The van der Waals surface area contributed by atoms with Gasteiger partial charge in [0.2, 0.25) is 0 Å². The molecule has 0 aliphatic carbocycles. The third-order valence-corrected chi connectivity index (χ3v) is 8.18. The van der Waals surface area contributed by atoms with Gasteiger partial charge in [-0.1, -0.05) is 29.5 Å². The summed E-state index contributed by atoms with van der Waals surface area (Å²) in [5, 5.41) is 0. The lowest BCUT2D eigenvalue weighted by Crippen LogP contribution is -2.40. The average Bonchev–Trinajstić information content (AvgIpc) is 3.22. The number of esters is 1. The third kappa shape index (κ3) is 5.08. The number of fused-ring (bicyclic) bond motifs is 1. The van der Waals surface area contributed by atoms with E-state index in [1.807, 2.05) is 36.4 Å². The molecule has 3 heterocycles. The Kier molecular flexibility index (Phi) is 7.83. The second-order valence-electron chi connectivity index (χ2n) is 8.89. The highest BCUT2D eigenvalue weighted by atomic mass is 79.9. The maximum absolute atomic E-state index is 13.8. The van der Waals surface area contributed by atoms with Gasteiger partial charge >= 0.3 is 5.97 Å². The van der Waals surface area contributed by atoms with E-state index in [1.165, 1.54) is 11.3 Å². The number of thiazole rings is 1. The summed E-state index contributed by atoms with van der Waals surface area (Å²) in [4.78, 5) is 34.3. The highest BCUT2D eigenvalue weighted by molar-refractivity contribution is 9.10. The molecule has 8 nitrogen and oxygen atoms in total. The summed E-state index contributed by atoms with van der Waals surface area (Å²) in [6.07, 6.45) is 1.87. The Bertz CT molecular complexity index is 1570. The van der Waals surface area contributed by atoms with Crippen molar-refractivity contribution >= 4 is 45.0 Å². The molecule has 1 fully saturated rings. The lowest BCUT2D eigenvalue weighted by Gasteiger charge is -2.28. The summed E-state index contributed by atoms with van der Waals surface area (Å²) in [5.74, 6) is 0.166. The molecule has 0 unspecified atom stereocenters. The Balaban J connectivity index is 1.60. The Morgan fingerprint density at radius 2 is 1.95 bits per heavy atom. The zero-order chi connectivity index (χ0) is 26.8. The Morgan fingerprint density at radius 3 is 2.61 bits per heavy atom. The van der Waals surface area contributed by atoms with Crippen LogP contribution in [0.3, 0.4) is 0 Å². The van der Waals surface area contributed by atoms with Gasteiger partial charge in [-0.05, 0) is 71.2 Å². The first-order valence-electron chi connectivity index (χ1n) is 12.4. The maximum atomic E-state index is 13.8. The number of rotatable bonds is 6. The summed E-state index contributed by atoms with van der Waals surface area (Å²) in [5.41, 5.74) is 3.46. The maximum Gasteiger partial charge on any atom is 0.338 e. The topological polar surface area (TPSA) is 82.4 Å². The minimum absolute atomic E-state index is 0.211. The van der Waals surface area contributed by atoms with Crippen LogP contribution in [0.15, 0.2) is 68.0 Å². The minimum atomic E-state index is -0.682. The van der Waals surface area contributed by atoms with E-state index in [2.05, 4.69) is 38.0 Å². The van der Waals surface area contributed by atoms with Crippen LogP contribution in [0.2, 0.25) is 0 Å². The van der Waals surface area contributed by atoms with Crippen molar-refractivity contribution in [2.24, 2.45) is 4.99 Å². The SMILES string of the molecule is CCOC(=O)C1=C(C)N=c2s/c(=C/c3ccc(N4CCOCC4)cc3)c(=O)n2[C@@H]1c1ccc(OC)c(Br)c1. The number of ether oxygens (including phenoxy) is 3. The molecule has 0 amide bonds. The molecular formula is C28H28BrN3O5S. The van der Waals surface area contributed by atoms with Gasteiger partial charge in [0, 0.05) is 18.8 Å². The fourth-order valence-electron chi connectivity index (χ4n) is 4.71. The van der Waals surface area contributed by atoms with Gasteiger partial charge in [-0.3, -0.25) is 9.36 Å². The van der Waals surface area contributed by atoms with Crippen molar-refractivity contribution in [2.75, 3.05) is 44.9 Å². The number of carbonyl (C=O) groups is 1. The normalized spacial score (nSPS) is 17.7. The zero-order valence-corrected chi connectivity index (χ0v) is 23.8. The molecule has 1 atom stereocenters. The van der Waals surface area contributed by atoms with Crippen molar-refractivity contribution in [1.29, 1.82) is 0 Å². The summed E-state index contributed by atoms with van der Waals surface area (Å²) >= 11 is 4.85. The fourth-order valence-corrected chi connectivity index (χ4v) is 6.32. The molecule has 0 spiro atoms. The number of morpholine rings is 1. The van der Waals surface area contributed by atoms with Gasteiger partial charge < -0.3 is 19.1 Å². The van der Waals surface area contributed by atoms with E-state index in [1.54, 1.807) is 25.5 Å². The molecule has 38 heavy (non-hydrogen) atoms. The number of nitrogens with zero attached hydrogens (tertiary/aromatic N) is 3. The van der Waals surface area contributed by atoms with Crippen molar-refractivity contribution in [1.82, 2.24) is 4.57 Å². The highest BCUT2D eigenvalue weighted by Gasteiger charge is 2.33. The van der Waals surface area contributed by atoms with Crippen LogP contribution in [0.25, 0.3) is 6.08 Å². The van der Waals surface area contributed by atoms with Crippen LogP contribution in [0.1, 0.15) is 31.0 Å². The molecule has 2 aliphatic heterocycles. The number of aromatic nitrogens is 1. The number of allylic oxidation sites excluding steroid dienone is 1. The molecule has 2 aromatic carbocycles. The summed E-state index contributed by atoms with van der Waals surface area (Å²) in [6.45, 7) is 6.93. The first-order chi connectivity index (χ1) is 18.4. The Hall–Kier alpha value is -3.21. The zero-order valence-electron chi connectivity index (χ0n) is 21.4. The molecule has 2 aliphatic rings. The minimum Gasteiger partial charge on any atom is -0.496 e. The van der Waals surface area contributed by atoms with Crippen LogP contribution in [0.5, 0.6) is 5.75 Å². The number of benzene rings is 2. The van der Waals surface area contributed by atoms with E-state index in [4.69, 9.17) is 14.2 Å². The van der Waals surface area contributed by atoms with Gasteiger partial charge in [-0.2, -0.15) is 0 Å². The van der Waals surface area contributed by atoms with Crippen molar-refractivity contribution in [3.8, 4) is 5.75 Å². The van der Waals surface area contributed by atoms with Gasteiger partial charge in [-0.25, -0.2) is 9.79 Å². The molecule has 0 radical (unpaired) electrons. The van der Waals surface area contributed by atoms with E-state index in [0.29, 0.717) is 26.4 Å². The number of carbonyl (C=O) groups excluding carboxylic acids is 1. The standard InChI is InChI=1S/C28H28BrN3O5S/c1-4-37-27(34)24-17(2)30-28-32(25(24)19-7-10-22(35-3)21(29)16-19)26(33)23(38-28)15-18-5-8-20(9-6-18)31-11-13-36-14-12-31/h5-10,15-16,25H,4,11-14H2,1-3H3/b23-15+/t25-/m1/s1. The summed E-state index contributed by atoms with van der Waals surface area (Å²) in [7, 11) is 1.59. The number of halogens is 1. The molecule has 1 saturated heterocycles. The van der Waals surface area contributed by atoms with Crippen LogP contribution in [-0.4, -0.2) is 50.6 Å². The van der Waals surface area contributed by atoms with Crippen LogP contribution >= 0.6 is 27.3 Å². The largest absolute Gasteiger partial charge is 0.496 e. The molecule has 0 N–H and O–H groups in total. The Labute approximate surface area is 232 Å². The molecule has 0 bridgehead atoms. The quantitative estimate of drug-likeness (QED) is 0.405. The molecule has 1 aromatic heterocycles. The van der Waals surface area contributed by atoms with Crippen LogP contribution in [0, 0.1) is 0 Å². The lowest BCUT2D eigenvalue weighted by molar-refractivity contribution is -0.139. The van der Waals surface area contributed by atoms with Gasteiger partial charge in [0.05, 0.1) is 53.2 Å². The Morgan fingerprint density at radius 1 is 1.21 bits per heavy atom. The van der Waals surface area contributed by atoms with Gasteiger partial charge in [-0.15, -0.1) is 0 Å². The van der Waals surface area contributed by atoms with Crippen LogP contribution in [0.4, 0.5) is 5.69 Å². The second kappa shape index (κ2) is 11.3. The van der Waals surface area contributed by atoms with Crippen molar-refractivity contribution < 1.29 is 19.0 Å². The predicted molar refractivity (Wildman–Crippen MR) is 151 cm³/mol. The summed E-state index contributed by atoms with van der Waals surface area (Å²) < 4.78 is 19.0. The second-order valence-corrected chi connectivity index (χ2v) is 10.8. The smallest absolute Gasteiger partial charge is 0.338 e. The molecule has 0 saturated carbocycles. The van der Waals surface area contributed by atoms with E-state index < -0.39 is 12.0 Å². The predicted octanol–water partition coefficient (Wildman–Crippen LogP) is 3.41. The van der Waals surface area contributed by atoms with Crippen molar-refractivity contribution in [3.63, 3.8) is 0 Å². The number of methoxy groups -OCH3 is 1. The first-order valence-corrected chi connectivity index (χ1v) is 14.0. The van der Waals surface area contributed by atoms with Crippen LogP contribution < -0.4 is 24.5 Å². The lowest BCUT2D eigenvalue weighted by atomic mass is 9.96. The van der Waals surface area contributed by atoms with Crippen molar-refractivity contribution in [3.05, 3.63) is 89.0 Å². The molecule has 3 aromatic rings. The monoisotopic (exact) mass is 597 g/mol. The molecule has 5 rings (SSSR count). The number of hydrogen-bond donors (Lipinski definition) is 0. The third-order valence-electron chi connectivity index (χ3n) is 6.58. The first kappa shape index (κ1) is 26.4.